The van der Waals surface area contributed by atoms with E-state index in [4.69, 9.17) is 5.73 Å². The normalized spacial score (nSPS) is 19.3. The monoisotopic (exact) mass is 532 g/mol. The Morgan fingerprint density at radius 2 is 1.97 bits per heavy atom. The Kier molecular flexibility index (Phi) is 7.15. The number of benzene rings is 1. The van der Waals surface area contributed by atoms with E-state index in [1.807, 2.05) is 16.4 Å². The summed E-state index contributed by atoms with van der Waals surface area (Å²) in [5, 5.41) is 12.4. The zero-order chi connectivity index (χ0) is 25.8. The molecule has 37 heavy (non-hydrogen) atoms. The molecule has 2 aliphatic rings. The standard InChI is InChI=1S/C25H29FN6O4.ClH/c1-14-3-4-16-20-17(11-18(26)21(16)30-8-5-15(33)6-9-30)22(34)19(12-32(14)20)29-24(36)23(35)25(2,27)31-10-7-28-13-31;/h7,10-15,33H,3-6,8-9,27H2,1-2H3,(H,29,36);1H/t14-,25-;/m0./s1. The van der Waals surface area contributed by atoms with Gasteiger partial charge in [-0.3, -0.25) is 14.4 Å². The summed E-state index contributed by atoms with van der Waals surface area (Å²) >= 11 is 0. The molecule has 4 heterocycles. The molecular weight excluding hydrogens is 503 g/mol. The van der Waals surface area contributed by atoms with Crippen LogP contribution in [0.2, 0.25) is 0 Å². The van der Waals surface area contributed by atoms with Crippen molar-refractivity contribution in [2.75, 3.05) is 23.3 Å². The van der Waals surface area contributed by atoms with E-state index in [0.717, 1.165) is 5.56 Å². The highest BCUT2D eigenvalue weighted by Gasteiger charge is 2.36. The number of aliphatic hydroxyl groups excluding tert-OH is 1. The number of anilines is 2. The molecule has 5 rings (SSSR count). The number of rotatable bonds is 5. The summed E-state index contributed by atoms with van der Waals surface area (Å²) in [7, 11) is 0. The topological polar surface area (TPSA) is 135 Å². The number of imidazole rings is 1. The van der Waals surface area contributed by atoms with E-state index >= 15 is 4.39 Å². The number of amides is 1. The fourth-order valence-electron chi connectivity index (χ4n) is 5.21. The SMILES string of the molecule is C[C@H]1CCc2c(N3CCC(O)CC3)c(F)cc3c(=O)c(NC(=O)C(=O)[C@@](C)(N)n4ccnc4)cn1c23.Cl. The first-order chi connectivity index (χ1) is 17.1. The average Bonchev–Trinajstić information content (AvgIpc) is 3.40. The summed E-state index contributed by atoms with van der Waals surface area (Å²) in [4.78, 5) is 44.9. The molecule has 2 aliphatic heterocycles. The van der Waals surface area contributed by atoms with Gasteiger partial charge in [0.15, 0.2) is 5.66 Å². The van der Waals surface area contributed by atoms with Crippen LogP contribution in [0.5, 0.6) is 0 Å². The van der Waals surface area contributed by atoms with E-state index in [1.165, 1.54) is 42.5 Å². The lowest BCUT2D eigenvalue weighted by atomic mass is 9.93. The second kappa shape index (κ2) is 9.88. The molecule has 1 aromatic carbocycles. The van der Waals surface area contributed by atoms with Crippen molar-refractivity contribution in [2.24, 2.45) is 5.73 Å². The van der Waals surface area contributed by atoms with E-state index in [-0.39, 0.29) is 29.5 Å². The van der Waals surface area contributed by atoms with Crippen molar-refractivity contribution in [1.29, 1.82) is 0 Å². The van der Waals surface area contributed by atoms with Gasteiger partial charge < -0.3 is 30.2 Å². The Labute approximate surface area is 218 Å². The van der Waals surface area contributed by atoms with Gasteiger partial charge in [0.25, 0.3) is 11.7 Å². The predicted molar refractivity (Wildman–Crippen MR) is 140 cm³/mol. The number of aliphatic hydroxyl groups is 1. The fraction of sp³-hybridized carbons (Fsp3) is 0.440. The number of halogens is 2. The molecule has 1 fully saturated rings. The highest BCUT2D eigenvalue weighted by molar-refractivity contribution is 6.42. The maximum absolute atomic E-state index is 15.5. The maximum Gasteiger partial charge on any atom is 0.295 e. The van der Waals surface area contributed by atoms with Crippen LogP contribution in [0.3, 0.4) is 0 Å². The van der Waals surface area contributed by atoms with Gasteiger partial charge in [-0.1, -0.05) is 0 Å². The molecule has 12 heteroatoms. The summed E-state index contributed by atoms with van der Waals surface area (Å²) in [6.45, 7) is 4.42. The fourth-order valence-corrected chi connectivity index (χ4v) is 5.21. The smallest absolute Gasteiger partial charge is 0.295 e. The first-order valence-corrected chi connectivity index (χ1v) is 12.1. The van der Waals surface area contributed by atoms with Gasteiger partial charge in [-0.2, -0.15) is 0 Å². The third kappa shape index (κ3) is 4.51. The number of nitrogens with one attached hydrogen (secondary N) is 1. The van der Waals surface area contributed by atoms with Crippen molar-refractivity contribution < 1.29 is 19.1 Å². The summed E-state index contributed by atoms with van der Waals surface area (Å²) in [5.74, 6) is -2.52. The van der Waals surface area contributed by atoms with Crippen molar-refractivity contribution in [1.82, 2.24) is 14.1 Å². The largest absolute Gasteiger partial charge is 0.393 e. The zero-order valence-electron chi connectivity index (χ0n) is 20.6. The number of carbonyl (C=O) groups is 2. The third-order valence-electron chi connectivity index (χ3n) is 7.36. The van der Waals surface area contributed by atoms with Crippen LogP contribution in [0, 0.1) is 5.82 Å². The van der Waals surface area contributed by atoms with E-state index < -0.39 is 34.7 Å². The van der Waals surface area contributed by atoms with Crippen molar-refractivity contribution in [3.05, 3.63) is 52.6 Å². The molecule has 10 nitrogen and oxygen atoms in total. The predicted octanol–water partition coefficient (Wildman–Crippen LogP) is 2.07. The van der Waals surface area contributed by atoms with Crippen molar-refractivity contribution in [3.8, 4) is 0 Å². The van der Waals surface area contributed by atoms with E-state index in [0.29, 0.717) is 50.0 Å². The van der Waals surface area contributed by atoms with Crippen LogP contribution in [0.1, 0.15) is 44.7 Å². The van der Waals surface area contributed by atoms with Crippen molar-refractivity contribution in [2.45, 2.75) is 57.3 Å². The molecule has 0 saturated carbocycles. The minimum atomic E-state index is -1.70. The second-order valence-corrected chi connectivity index (χ2v) is 9.87. The third-order valence-corrected chi connectivity index (χ3v) is 7.36. The number of pyridine rings is 1. The highest BCUT2D eigenvalue weighted by Crippen LogP contribution is 2.39. The highest BCUT2D eigenvalue weighted by atomic mass is 35.5. The molecule has 4 N–H and O–H groups in total. The molecular formula is C25H30ClFN6O4. The number of carbonyl (C=O) groups excluding carboxylic acids is 2. The molecule has 2 aromatic heterocycles. The number of hydrogen-bond acceptors (Lipinski definition) is 7. The number of Topliss-reactive ketones (excluding diaryl/α,β-unsaturated/α-hetero) is 1. The maximum atomic E-state index is 15.5. The second-order valence-electron chi connectivity index (χ2n) is 9.87. The Balaban J connectivity index is 0.00000320. The number of nitrogens with two attached hydrogens (primary N) is 1. The van der Waals surface area contributed by atoms with Crippen LogP contribution in [-0.4, -0.2) is 50.1 Å². The molecule has 198 valence electrons. The molecule has 0 aliphatic carbocycles. The quantitative estimate of drug-likeness (QED) is 0.428. The van der Waals surface area contributed by atoms with Gasteiger partial charge in [-0.15, -0.1) is 12.4 Å². The summed E-state index contributed by atoms with van der Waals surface area (Å²) in [6.07, 6.45) is 7.78. The van der Waals surface area contributed by atoms with E-state index in [2.05, 4.69) is 10.3 Å². The van der Waals surface area contributed by atoms with Gasteiger partial charge in [-0.25, -0.2) is 9.37 Å². The summed E-state index contributed by atoms with van der Waals surface area (Å²) in [6, 6.07) is 1.20. The zero-order valence-corrected chi connectivity index (χ0v) is 21.4. The lowest BCUT2D eigenvalue weighted by Crippen LogP contribution is -2.52. The molecule has 0 spiro atoms. The van der Waals surface area contributed by atoms with Gasteiger partial charge in [-0.05, 0) is 45.6 Å². The first kappa shape index (κ1) is 26.8. The Morgan fingerprint density at radius 3 is 2.62 bits per heavy atom. The number of aryl methyl sites for hydroxylation is 1. The first-order valence-electron chi connectivity index (χ1n) is 12.1. The Morgan fingerprint density at radius 1 is 1.27 bits per heavy atom. The van der Waals surface area contributed by atoms with Crippen LogP contribution in [0.15, 0.2) is 35.8 Å². The number of hydrogen-bond donors (Lipinski definition) is 3. The summed E-state index contributed by atoms with van der Waals surface area (Å²) in [5.41, 5.74) is 5.56. The Hall–Kier alpha value is -3.28. The van der Waals surface area contributed by atoms with Gasteiger partial charge in [0.1, 0.15) is 11.5 Å². The number of ketones is 1. The molecule has 2 atom stereocenters. The van der Waals surface area contributed by atoms with Gasteiger partial charge in [0.05, 0.1) is 29.0 Å². The minimum absolute atomic E-state index is 0. The molecule has 1 saturated heterocycles. The van der Waals surface area contributed by atoms with E-state index in [1.54, 1.807) is 0 Å². The molecule has 0 radical (unpaired) electrons. The molecule has 0 unspecified atom stereocenters. The number of piperidine rings is 1. The number of aromatic nitrogens is 3. The molecule has 0 bridgehead atoms. The van der Waals surface area contributed by atoms with Crippen LogP contribution in [0.25, 0.3) is 10.9 Å². The van der Waals surface area contributed by atoms with Crippen LogP contribution < -0.4 is 21.4 Å². The lowest BCUT2D eigenvalue weighted by molar-refractivity contribution is -0.139. The van der Waals surface area contributed by atoms with Crippen molar-refractivity contribution >= 4 is 46.4 Å². The molecule has 3 aromatic rings. The molecule has 1 amide bonds. The van der Waals surface area contributed by atoms with E-state index in [9.17, 15) is 19.5 Å². The summed E-state index contributed by atoms with van der Waals surface area (Å²) < 4.78 is 18.7. The van der Waals surface area contributed by atoms with Crippen LogP contribution in [-0.2, 0) is 21.7 Å². The number of nitrogens with zero attached hydrogens (tertiary/aromatic N) is 4. The van der Waals surface area contributed by atoms with Gasteiger partial charge >= 0.3 is 0 Å². The average molecular weight is 533 g/mol. The van der Waals surface area contributed by atoms with Crippen LogP contribution in [0.4, 0.5) is 15.8 Å². The van der Waals surface area contributed by atoms with Crippen LogP contribution >= 0.6 is 12.4 Å². The van der Waals surface area contributed by atoms with Crippen molar-refractivity contribution in [3.63, 3.8) is 0 Å². The minimum Gasteiger partial charge on any atom is -0.393 e. The van der Waals surface area contributed by atoms with Gasteiger partial charge in [0.2, 0.25) is 5.43 Å². The Bertz CT molecular complexity index is 1410. The lowest BCUT2D eigenvalue weighted by Gasteiger charge is -2.36. The van der Waals surface area contributed by atoms with Gasteiger partial charge in [0, 0.05) is 43.3 Å².